The van der Waals surface area contributed by atoms with E-state index < -0.39 is 0 Å². The van der Waals surface area contributed by atoms with Crippen LogP contribution in [0.4, 0.5) is 0 Å². The van der Waals surface area contributed by atoms with Gasteiger partial charge in [0.25, 0.3) is 0 Å². The van der Waals surface area contributed by atoms with E-state index in [2.05, 4.69) is 11.8 Å². The fourth-order valence-electron chi connectivity index (χ4n) is 2.67. The lowest BCUT2D eigenvalue weighted by Gasteiger charge is -2.33. The summed E-state index contributed by atoms with van der Waals surface area (Å²) in [7, 11) is 0. The summed E-state index contributed by atoms with van der Waals surface area (Å²) in [6.07, 6.45) is 8.11. The molecule has 0 bridgehead atoms. The van der Waals surface area contributed by atoms with Crippen molar-refractivity contribution in [1.82, 2.24) is 9.47 Å². The molecule has 0 radical (unpaired) electrons. The Morgan fingerprint density at radius 2 is 2.29 bits per heavy atom. The zero-order valence-corrected chi connectivity index (χ0v) is 10.6. The van der Waals surface area contributed by atoms with Crippen molar-refractivity contribution in [3.05, 3.63) is 24.0 Å². The van der Waals surface area contributed by atoms with Gasteiger partial charge in [0.15, 0.2) is 6.29 Å². The Labute approximate surface area is 103 Å². The van der Waals surface area contributed by atoms with E-state index in [1.165, 1.54) is 25.8 Å². The van der Waals surface area contributed by atoms with Gasteiger partial charge in [-0.15, -0.1) is 0 Å². The van der Waals surface area contributed by atoms with E-state index in [4.69, 9.17) is 0 Å². The number of hydrogen-bond acceptors (Lipinski definition) is 2. The molecule has 94 valence electrons. The van der Waals surface area contributed by atoms with Gasteiger partial charge < -0.3 is 9.47 Å². The molecule has 0 N–H and O–H groups in total. The fourth-order valence-corrected chi connectivity index (χ4v) is 2.67. The molecule has 1 unspecified atom stereocenters. The largest absolute Gasteiger partial charge is 0.345 e. The van der Waals surface area contributed by atoms with Crippen molar-refractivity contribution in [3.8, 4) is 0 Å². The summed E-state index contributed by atoms with van der Waals surface area (Å²) in [6, 6.07) is 4.54. The van der Waals surface area contributed by atoms with Crippen LogP contribution >= 0.6 is 0 Å². The topological polar surface area (TPSA) is 25.2 Å². The molecule has 3 nitrogen and oxygen atoms in total. The summed E-state index contributed by atoms with van der Waals surface area (Å²) in [5.74, 6) is 0. The second kappa shape index (κ2) is 6.01. The Morgan fingerprint density at radius 3 is 3.06 bits per heavy atom. The molecule has 0 saturated carbocycles. The Kier molecular flexibility index (Phi) is 4.37. The van der Waals surface area contributed by atoms with Gasteiger partial charge in [0.1, 0.15) is 0 Å². The Bertz CT molecular complexity index is 359. The third-order valence-electron chi connectivity index (χ3n) is 3.77. The van der Waals surface area contributed by atoms with E-state index in [9.17, 15) is 4.79 Å². The van der Waals surface area contributed by atoms with Crippen LogP contribution in [0, 0.1) is 0 Å². The smallest absolute Gasteiger partial charge is 0.166 e. The second-order valence-electron chi connectivity index (χ2n) is 4.98. The molecule has 1 aliphatic heterocycles. The molecule has 0 aliphatic carbocycles. The van der Waals surface area contributed by atoms with Crippen molar-refractivity contribution in [2.24, 2.45) is 0 Å². The number of rotatable bonds is 5. The zero-order valence-electron chi connectivity index (χ0n) is 10.6. The quantitative estimate of drug-likeness (QED) is 0.732. The standard InChI is InChI=1S/C14H22N2O/c1-13-6-2-3-8-15(13)10-5-11-16-9-4-7-14(16)12-17/h4,7,9,12-13H,2-3,5-6,8,10-11H2,1H3. The maximum Gasteiger partial charge on any atom is 0.166 e. The molecule has 0 amide bonds. The van der Waals surface area contributed by atoms with Crippen molar-refractivity contribution in [3.63, 3.8) is 0 Å². The molecule has 0 aromatic carbocycles. The minimum Gasteiger partial charge on any atom is -0.345 e. The van der Waals surface area contributed by atoms with Crippen LogP contribution in [0.25, 0.3) is 0 Å². The van der Waals surface area contributed by atoms with Crippen LogP contribution in [0.2, 0.25) is 0 Å². The van der Waals surface area contributed by atoms with Crippen LogP contribution in [0.3, 0.4) is 0 Å². The van der Waals surface area contributed by atoms with E-state index in [1.807, 2.05) is 22.9 Å². The highest BCUT2D eigenvalue weighted by Crippen LogP contribution is 2.16. The van der Waals surface area contributed by atoms with Crippen molar-refractivity contribution in [1.29, 1.82) is 0 Å². The van der Waals surface area contributed by atoms with Gasteiger partial charge in [-0.25, -0.2) is 0 Å². The van der Waals surface area contributed by atoms with E-state index in [0.717, 1.165) is 37.5 Å². The molecule has 3 heteroatoms. The van der Waals surface area contributed by atoms with E-state index in [1.54, 1.807) is 0 Å². The fraction of sp³-hybridized carbons (Fsp3) is 0.643. The number of likely N-dealkylation sites (tertiary alicyclic amines) is 1. The second-order valence-corrected chi connectivity index (χ2v) is 4.98. The van der Waals surface area contributed by atoms with Crippen molar-refractivity contribution in [2.75, 3.05) is 13.1 Å². The summed E-state index contributed by atoms with van der Waals surface area (Å²) in [5, 5.41) is 0. The molecular formula is C14H22N2O. The summed E-state index contributed by atoms with van der Waals surface area (Å²) >= 11 is 0. The molecule has 1 aromatic heterocycles. The number of nitrogens with zero attached hydrogens (tertiary/aromatic N) is 2. The van der Waals surface area contributed by atoms with Gasteiger partial charge in [-0.1, -0.05) is 6.42 Å². The lowest BCUT2D eigenvalue weighted by molar-refractivity contribution is 0.111. The number of carbonyl (C=O) groups is 1. The van der Waals surface area contributed by atoms with Crippen LogP contribution in [-0.4, -0.2) is 34.9 Å². The predicted molar refractivity (Wildman–Crippen MR) is 69.3 cm³/mol. The van der Waals surface area contributed by atoms with Gasteiger partial charge in [0.05, 0.1) is 5.69 Å². The highest BCUT2D eigenvalue weighted by Gasteiger charge is 2.17. The maximum atomic E-state index is 10.8. The lowest BCUT2D eigenvalue weighted by Crippen LogP contribution is -2.38. The van der Waals surface area contributed by atoms with Gasteiger partial charge in [-0.3, -0.25) is 4.79 Å². The lowest BCUT2D eigenvalue weighted by atomic mass is 10.0. The third kappa shape index (κ3) is 3.19. The summed E-state index contributed by atoms with van der Waals surface area (Å²) < 4.78 is 2.04. The summed E-state index contributed by atoms with van der Waals surface area (Å²) in [4.78, 5) is 13.4. The Morgan fingerprint density at radius 1 is 1.41 bits per heavy atom. The Hall–Kier alpha value is -1.09. The average Bonchev–Trinajstić information content (AvgIpc) is 2.79. The van der Waals surface area contributed by atoms with Gasteiger partial charge in [0.2, 0.25) is 0 Å². The first-order valence-corrected chi connectivity index (χ1v) is 6.65. The van der Waals surface area contributed by atoms with E-state index in [-0.39, 0.29) is 0 Å². The average molecular weight is 234 g/mol. The van der Waals surface area contributed by atoms with Crippen LogP contribution in [-0.2, 0) is 6.54 Å². The number of carbonyl (C=O) groups excluding carboxylic acids is 1. The zero-order chi connectivity index (χ0) is 12.1. The molecule has 2 heterocycles. The molecule has 1 saturated heterocycles. The van der Waals surface area contributed by atoms with Gasteiger partial charge in [-0.2, -0.15) is 0 Å². The summed E-state index contributed by atoms with van der Waals surface area (Å²) in [5.41, 5.74) is 0.789. The van der Waals surface area contributed by atoms with E-state index >= 15 is 0 Å². The highest BCUT2D eigenvalue weighted by molar-refractivity contribution is 5.72. The number of piperidine rings is 1. The van der Waals surface area contributed by atoms with Gasteiger partial charge in [0, 0.05) is 25.3 Å². The molecule has 1 atom stereocenters. The van der Waals surface area contributed by atoms with Crippen LogP contribution < -0.4 is 0 Å². The normalized spacial score (nSPS) is 21.6. The van der Waals surface area contributed by atoms with Gasteiger partial charge >= 0.3 is 0 Å². The first-order chi connectivity index (χ1) is 8.31. The van der Waals surface area contributed by atoms with Crippen molar-refractivity contribution >= 4 is 6.29 Å². The molecular weight excluding hydrogens is 212 g/mol. The van der Waals surface area contributed by atoms with E-state index in [0.29, 0.717) is 0 Å². The van der Waals surface area contributed by atoms with Gasteiger partial charge in [-0.05, 0) is 44.9 Å². The minimum absolute atomic E-state index is 0.735. The third-order valence-corrected chi connectivity index (χ3v) is 3.77. The number of aldehydes is 1. The number of hydrogen-bond donors (Lipinski definition) is 0. The predicted octanol–water partition coefficient (Wildman–Crippen LogP) is 2.57. The SMILES string of the molecule is CC1CCCCN1CCCn1cccc1C=O. The molecule has 1 fully saturated rings. The van der Waals surface area contributed by atoms with Crippen molar-refractivity contribution < 1.29 is 4.79 Å². The first-order valence-electron chi connectivity index (χ1n) is 6.65. The van der Waals surface area contributed by atoms with Crippen molar-refractivity contribution in [2.45, 2.75) is 45.2 Å². The molecule has 17 heavy (non-hydrogen) atoms. The maximum absolute atomic E-state index is 10.8. The number of aromatic nitrogens is 1. The van der Waals surface area contributed by atoms with Crippen LogP contribution in [0.15, 0.2) is 18.3 Å². The highest BCUT2D eigenvalue weighted by atomic mass is 16.1. The number of aryl methyl sites for hydroxylation is 1. The Balaban J connectivity index is 1.77. The first kappa shape index (κ1) is 12.4. The minimum atomic E-state index is 0.735. The van der Waals surface area contributed by atoms with Crippen LogP contribution in [0.1, 0.15) is 43.1 Å². The molecule has 2 rings (SSSR count). The van der Waals surface area contributed by atoms with Crippen LogP contribution in [0.5, 0.6) is 0 Å². The molecule has 0 spiro atoms. The monoisotopic (exact) mass is 234 g/mol. The molecule has 1 aromatic rings. The molecule has 1 aliphatic rings. The summed E-state index contributed by atoms with van der Waals surface area (Å²) in [6.45, 7) is 5.67.